The fourth-order valence-electron chi connectivity index (χ4n) is 3.12. The van der Waals surface area contributed by atoms with Gasteiger partial charge in [0.2, 0.25) is 0 Å². The third-order valence-electron chi connectivity index (χ3n) is 4.63. The van der Waals surface area contributed by atoms with Crippen LogP contribution in [0.4, 0.5) is 17.1 Å². The average molecular weight is 400 g/mol. The zero-order chi connectivity index (χ0) is 20.6. The van der Waals surface area contributed by atoms with Crippen LogP contribution in [0.1, 0.15) is 22.3 Å². The van der Waals surface area contributed by atoms with Crippen molar-refractivity contribution in [1.82, 2.24) is 0 Å². The van der Waals surface area contributed by atoms with Crippen molar-refractivity contribution in [3.63, 3.8) is 0 Å². The predicted octanol–water partition coefficient (Wildman–Crippen LogP) is 4.26. The van der Waals surface area contributed by atoms with Gasteiger partial charge in [0.1, 0.15) is 17.2 Å². The maximum Gasteiger partial charge on any atom is 0.134 e. The highest BCUT2D eigenvalue weighted by atomic mass is 35.5. The molecule has 28 heavy (non-hydrogen) atoms. The van der Waals surface area contributed by atoms with Crippen molar-refractivity contribution in [3.05, 3.63) is 69.7 Å². The number of nitrogen functional groups attached to an aromatic ring is 1. The molecule has 0 spiro atoms. The van der Waals surface area contributed by atoms with Gasteiger partial charge in [-0.1, -0.05) is 11.6 Å². The van der Waals surface area contributed by atoms with Crippen molar-refractivity contribution in [2.75, 3.05) is 10.7 Å². The molecule has 0 fully saturated rings. The number of aromatic hydroxyl groups is 3. The Bertz CT molecular complexity index is 1050. The summed E-state index contributed by atoms with van der Waals surface area (Å²) in [6.07, 6.45) is 0.280. The number of nitrogens with zero attached hydrogens (tertiary/aromatic N) is 1. The number of hydrogen-bond acceptors (Lipinski definition) is 6. The van der Waals surface area contributed by atoms with Gasteiger partial charge >= 0.3 is 0 Å². The van der Waals surface area contributed by atoms with Crippen LogP contribution in [0, 0.1) is 13.8 Å². The van der Waals surface area contributed by atoms with E-state index >= 15 is 0 Å². The summed E-state index contributed by atoms with van der Waals surface area (Å²) in [5.74, 6) is 6.47. The molecule has 0 aliphatic carbocycles. The first kappa shape index (κ1) is 19.7. The van der Waals surface area contributed by atoms with Gasteiger partial charge in [-0.25, -0.2) is 5.84 Å². The zero-order valence-electron chi connectivity index (χ0n) is 15.6. The normalized spacial score (nSPS) is 10.9. The highest BCUT2D eigenvalue weighted by Gasteiger charge is 2.15. The molecule has 7 heteroatoms. The molecule has 0 aromatic heterocycles. The predicted molar refractivity (Wildman–Crippen MR) is 112 cm³/mol. The summed E-state index contributed by atoms with van der Waals surface area (Å²) in [5, 5.41) is 32.1. The molecule has 0 saturated carbocycles. The van der Waals surface area contributed by atoms with E-state index in [1.54, 1.807) is 50.2 Å². The third-order valence-corrected chi connectivity index (χ3v) is 4.94. The van der Waals surface area contributed by atoms with Crippen LogP contribution < -0.4 is 16.6 Å². The molecule has 7 N–H and O–H groups in total. The number of phenolic OH excluding ortho intramolecular Hbond substituents is 3. The standard InChI is InChI=1S/C21H22ClN3O3/c1-11-5-15(23)8-13(20(11)27)7-14-9-17(6-12(2)21(14)28)25(24)16-3-4-19(26)18(22)10-16/h3-6,8-10,26-28H,7,23-24H2,1-2H3. The number of hydrogen-bond donors (Lipinski definition) is 5. The molecule has 3 rings (SSSR count). The fraction of sp³-hybridized carbons (Fsp3) is 0.143. The Morgan fingerprint density at radius 2 is 1.46 bits per heavy atom. The molecular formula is C21H22ClN3O3. The van der Waals surface area contributed by atoms with Crippen LogP contribution in [0.25, 0.3) is 0 Å². The molecule has 0 radical (unpaired) electrons. The maximum atomic E-state index is 10.5. The van der Waals surface area contributed by atoms with E-state index in [4.69, 9.17) is 23.2 Å². The van der Waals surface area contributed by atoms with Gasteiger partial charge in [-0.05, 0) is 67.4 Å². The molecule has 0 bridgehead atoms. The van der Waals surface area contributed by atoms with Gasteiger partial charge in [0.25, 0.3) is 0 Å². The van der Waals surface area contributed by atoms with Crippen molar-refractivity contribution in [2.24, 2.45) is 5.84 Å². The van der Waals surface area contributed by atoms with Crippen LogP contribution in [0.15, 0.2) is 42.5 Å². The lowest BCUT2D eigenvalue weighted by atomic mass is 9.98. The summed E-state index contributed by atoms with van der Waals surface area (Å²) in [6.45, 7) is 3.54. The summed E-state index contributed by atoms with van der Waals surface area (Å²) in [7, 11) is 0. The molecule has 0 amide bonds. The van der Waals surface area contributed by atoms with Gasteiger partial charge in [0.05, 0.1) is 16.4 Å². The Hall–Kier alpha value is -3.09. The lowest BCUT2D eigenvalue weighted by molar-refractivity contribution is 0.458. The average Bonchev–Trinajstić information content (AvgIpc) is 2.64. The summed E-state index contributed by atoms with van der Waals surface area (Å²) in [4.78, 5) is 0. The van der Waals surface area contributed by atoms with Crippen molar-refractivity contribution >= 4 is 28.7 Å². The van der Waals surface area contributed by atoms with Gasteiger partial charge in [-0.15, -0.1) is 0 Å². The Labute approximate surface area is 168 Å². The molecule has 3 aromatic rings. The van der Waals surface area contributed by atoms with E-state index in [2.05, 4.69) is 0 Å². The molecular weight excluding hydrogens is 378 g/mol. The smallest absolute Gasteiger partial charge is 0.134 e. The van der Waals surface area contributed by atoms with Gasteiger partial charge in [-0.3, -0.25) is 5.01 Å². The van der Waals surface area contributed by atoms with Crippen LogP contribution >= 0.6 is 11.6 Å². The number of rotatable bonds is 4. The second-order valence-electron chi connectivity index (χ2n) is 6.80. The molecule has 0 aliphatic heterocycles. The lowest BCUT2D eigenvalue weighted by Gasteiger charge is -2.22. The summed E-state index contributed by atoms with van der Waals surface area (Å²) in [5.41, 5.74) is 10.1. The van der Waals surface area contributed by atoms with Gasteiger partial charge < -0.3 is 21.1 Å². The Morgan fingerprint density at radius 3 is 2.11 bits per heavy atom. The first-order valence-electron chi connectivity index (χ1n) is 8.61. The number of phenols is 3. The van der Waals surface area contributed by atoms with E-state index in [-0.39, 0.29) is 28.7 Å². The molecule has 146 valence electrons. The molecule has 3 aromatic carbocycles. The summed E-state index contributed by atoms with van der Waals surface area (Å²) in [6, 6.07) is 11.5. The lowest BCUT2D eigenvalue weighted by Crippen LogP contribution is -2.25. The summed E-state index contributed by atoms with van der Waals surface area (Å²) < 4.78 is 0. The number of hydrazine groups is 1. The zero-order valence-corrected chi connectivity index (χ0v) is 16.3. The van der Waals surface area contributed by atoms with Gasteiger partial charge in [0.15, 0.2) is 0 Å². The fourth-order valence-corrected chi connectivity index (χ4v) is 3.30. The highest BCUT2D eigenvalue weighted by Crippen LogP contribution is 2.36. The Kier molecular flexibility index (Phi) is 5.27. The molecule has 0 unspecified atom stereocenters. The number of anilines is 3. The molecule has 0 aliphatic rings. The molecule has 6 nitrogen and oxygen atoms in total. The SMILES string of the molecule is Cc1cc(N)cc(Cc2cc(N(N)c3ccc(O)c(Cl)c3)cc(C)c2O)c1O. The minimum absolute atomic E-state index is 0.0334. The van der Waals surface area contributed by atoms with E-state index in [0.29, 0.717) is 39.3 Å². The Balaban J connectivity index is 2.02. The molecule has 0 saturated heterocycles. The summed E-state index contributed by atoms with van der Waals surface area (Å²) >= 11 is 5.98. The first-order chi connectivity index (χ1) is 13.2. The van der Waals surface area contributed by atoms with E-state index in [1.807, 2.05) is 0 Å². The van der Waals surface area contributed by atoms with E-state index < -0.39 is 0 Å². The van der Waals surface area contributed by atoms with Crippen molar-refractivity contribution < 1.29 is 15.3 Å². The van der Waals surface area contributed by atoms with Crippen molar-refractivity contribution in [2.45, 2.75) is 20.3 Å². The number of nitrogens with two attached hydrogens (primary N) is 2. The second kappa shape index (κ2) is 7.50. The molecule has 0 heterocycles. The van der Waals surface area contributed by atoms with E-state index in [1.165, 1.54) is 11.1 Å². The number of aryl methyl sites for hydroxylation is 2. The largest absolute Gasteiger partial charge is 0.507 e. The minimum Gasteiger partial charge on any atom is -0.507 e. The van der Waals surface area contributed by atoms with E-state index in [0.717, 1.165) is 0 Å². The van der Waals surface area contributed by atoms with Crippen LogP contribution in [-0.4, -0.2) is 15.3 Å². The minimum atomic E-state index is -0.0334. The number of benzene rings is 3. The van der Waals surface area contributed by atoms with Crippen LogP contribution in [0.2, 0.25) is 5.02 Å². The van der Waals surface area contributed by atoms with Crippen LogP contribution in [0.5, 0.6) is 17.2 Å². The Morgan fingerprint density at radius 1 is 0.857 bits per heavy atom. The quantitative estimate of drug-likeness (QED) is 0.194. The number of halogens is 1. The van der Waals surface area contributed by atoms with Crippen LogP contribution in [-0.2, 0) is 6.42 Å². The topological polar surface area (TPSA) is 116 Å². The molecule has 0 atom stereocenters. The third kappa shape index (κ3) is 3.78. The van der Waals surface area contributed by atoms with Crippen LogP contribution in [0.3, 0.4) is 0 Å². The van der Waals surface area contributed by atoms with E-state index in [9.17, 15) is 15.3 Å². The van der Waals surface area contributed by atoms with Crippen molar-refractivity contribution in [3.8, 4) is 17.2 Å². The van der Waals surface area contributed by atoms with Crippen molar-refractivity contribution in [1.29, 1.82) is 0 Å². The maximum absolute atomic E-state index is 10.5. The van der Waals surface area contributed by atoms with Gasteiger partial charge in [-0.2, -0.15) is 0 Å². The second-order valence-corrected chi connectivity index (χ2v) is 7.21. The highest BCUT2D eigenvalue weighted by molar-refractivity contribution is 6.32. The first-order valence-corrected chi connectivity index (χ1v) is 8.99. The van der Waals surface area contributed by atoms with Gasteiger partial charge in [0, 0.05) is 23.2 Å². The monoisotopic (exact) mass is 399 g/mol.